The van der Waals surface area contributed by atoms with Crippen LogP contribution in [0.4, 0.5) is 5.69 Å². The molecule has 0 aliphatic heterocycles. The summed E-state index contributed by atoms with van der Waals surface area (Å²) in [5.74, 6) is 0.435. The second-order valence-corrected chi connectivity index (χ2v) is 6.11. The quantitative estimate of drug-likeness (QED) is 0.819. The van der Waals surface area contributed by atoms with Gasteiger partial charge >= 0.3 is 0 Å². The molecule has 1 N–H and O–H groups in total. The lowest BCUT2D eigenvalue weighted by molar-refractivity contribution is -0.145. The number of hydrogen-bond donors (Lipinski definition) is 1. The van der Waals surface area contributed by atoms with Crippen LogP contribution in [-0.4, -0.2) is 24.7 Å². The van der Waals surface area contributed by atoms with E-state index in [1.165, 1.54) is 0 Å². The molecule has 1 aliphatic rings. The lowest BCUT2D eigenvalue weighted by atomic mass is 9.83. The standard InChI is InChI=1S/C19H26N2O3/c1-3-12-23-17-9-8-16(13-15(17)14-20)21-18(22)19(24-4-2)10-6-5-7-11-19/h8-9,13H,3-7,10-12H2,1-2H3,(H,21,22). The van der Waals surface area contributed by atoms with Gasteiger partial charge in [-0.3, -0.25) is 4.79 Å². The van der Waals surface area contributed by atoms with E-state index in [9.17, 15) is 10.1 Å². The van der Waals surface area contributed by atoms with E-state index in [0.717, 1.165) is 38.5 Å². The maximum absolute atomic E-state index is 12.8. The van der Waals surface area contributed by atoms with Crippen molar-refractivity contribution in [2.24, 2.45) is 0 Å². The predicted octanol–water partition coefficient (Wildman–Crippen LogP) is 4.02. The molecule has 1 aromatic carbocycles. The van der Waals surface area contributed by atoms with Gasteiger partial charge in [0.15, 0.2) is 0 Å². The number of nitrogens with one attached hydrogen (secondary N) is 1. The van der Waals surface area contributed by atoms with Crippen LogP contribution in [0, 0.1) is 11.3 Å². The zero-order valence-electron chi connectivity index (χ0n) is 14.6. The lowest BCUT2D eigenvalue weighted by Crippen LogP contribution is -2.47. The zero-order chi connectivity index (χ0) is 17.4. The number of ether oxygens (including phenoxy) is 2. The number of carbonyl (C=O) groups is 1. The van der Waals surface area contributed by atoms with Crippen molar-refractivity contribution in [2.45, 2.75) is 58.0 Å². The third-order valence-electron chi connectivity index (χ3n) is 4.32. The minimum Gasteiger partial charge on any atom is -0.492 e. The maximum atomic E-state index is 12.8. The second-order valence-electron chi connectivity index (χ2n) is 6.11. The van der Waals surface area contributed by atoms with Crippen molar-refractivity contribution >= 4 is 11.6 Å². The second kappa shape index (κ2) is 8.70. The van der Waals surface area contributed by atoms with Crippen LogP contribution in [0.25, 0.3) is 0 Å². The Morgan fingerprint density at radius 2 is 2.04 bits per heavy atom. The molecular formula is C19H26N2O3. The molecule has 0 radical (unpaired) electrons. The van der Waals surface area contributed by atoms with Gasteiger partial charge in [0.05, 0.1) is 12.2 Å². The van der Waals surface area contributed by atoms with Gasteiger partial charge in [0.25, 0.3) is 5.91 Å². The summed E-state index contributed by atoms with van der Waals surface area (Å²) in [6, 6.07) is 7.29. The molecular weight excluding hydrogens is 304 g/mol. The van der Waals surface area contributed by atoms with E-state index in [1.807, 2.05) is 13.8 Å². The molecule has 24 heavy (non-hydrogen) atoms. The summed E-state index contributed by atoms with van der Waals surface area (Å²) in [4.78, 5) is 12.8. The summed E-state index contributed by atoms with van der Waals surface area (Å²) in [6.45, 7) is 5.00. The molecule has 0 aromatic heterocycles. The Hall–Kier alpha value is -2.06. The Morgan fingerprint density at radius 3 is 2.67 bits per heavy atom. The van der Waals surface area contributed by atoms with E-state index in [0.29, 0.717) is 30.2 Å². The highest BCUT2D eigenvalue weighted by atomic mass is 16.5. The van der Waals surface area contributed by atoms with Crippen molar-refractivity contribution in [3.8, 4) is 11.8 Å². The third-order valence-corrected chi connectivity index (χ3v) is 4.32. The van der Waals surface area contributed by atoms with E-state index in [-0.39, 0.29) is 5.91 Å². The molecule has 0 bridgehead atoms. The number of anilines is 1. The van der Waals surface area contributed by atoms with Crippen LogP contribution in [0.15, 0.2) is 18.2 Å². The maximum Gasteiger partial charge on any atom is 0.256 e. The van der Waals surface area contributed by atoms with Gasteiger partial charge < -0.3 is 14.8 Å². The molecule has 0 heterocycles. The molecule has 5 heteroatoms. The van der Waals surface area contributed by atoms with Crippen molar-refractivity contribution in [1.82, 2.24) is 0 Å². The summed E-state index contributed by atoms with van der Waals surface area (Å²) < 4.78 is 11.4. The molecule has 0 saturated heterocycles. The van der Waals surface area contributed by atoms with E-state index in [4.69, 9.17) is 9.47 Å². The number of nitrogens with zero attached hydrogens (tertiary/aromatic N) is 1. The van der Waals surface area contributed by atoms with Crippen LogP contribution in [0.5, 0.6) is 5.75 Å². The molecule has 1 aromatic rings. The number of rotatable bonds is 7. The summed E-state index contributed by atoms with van der Waals surface area (Å²) in [5, 5.41) is 12.2. The van der Waals surface area contributed by atoms with Crippen LogP contribution in [0.2, 0.25) is 0 Å². The Labute approximate surface area is 144 Å². The minimum atomic E-state index is -0.739. The molecule has 1 aliphatic carbocycles. The average molecular weight is 330 g/mol. The van der Waals surface area contributed by atoms with Crippen LogP contribution in [-0.2, 0) is 9.53 Å². The number of benzene rings is 1. The molecule has 130 valence electrons. The largest absolute Gasteiger partial charge is 0.492 e. The van der Waals surface area contributed by atoms with E-state index in [1.54, 1.807) is 18.2 Å². The molecule has 1 fully saturated rings. The van der Waals surface area contributed by atoms with Crippen LogP contribution in [0.1, 0.15) is 57.9 Å². The van der Waals surface area contributed by atoms with Crippen molar-refractivity contribution in [3.05, 3.63) is 23.8 Å². The monoisotopic (exact) mass is 330 g/mol. The number of hydrogen-bond acceptors (Lipinski definition) is 4. The highest BCUT2D eigenvalue weighted by Gasteiger charge is 2.40. The first-order chi connectivity index (χ1) is 11.6. The highest BCUT2D eigenvalue weighted by Crippen LogP contribution is 2.33. The van der Waals surface area contributed by atoms with E-state index < -0.39 is 5.60 Å². The van der Waals surface area contributed by atoms with Crippen molar-refractivity contribution in [2.75, 3.05) is 18.5 Å². The fourth-order valence-corrected chi connectivity index (χ4v) is 3.11. The number of amides is 1. The van der Waals surface area contributed by atoms with Gasteiger partial charge in [-0.2, -0.15) is 5.26 Å². The molecule has 2 rings (SSSR count). The van der Waals surface area contributed by atoms with Crippen molar-refractivity contribution in [1.29, 1.82) is 5.26 Å². The van der Waals surface area contributed by atoms with E-state index >= 15 is 0 Å². The first-order valence-corrected chi connectivity index (χ1v) is 8.77. The summed E-state index contributed by atoms with van der Waals surface area (Å²) in [7, 11) is 0. The van der Waals surface area contributed by atoms with Gasteiger partial charge in [-0.1, -0.05) is 26.2 Å². The SMILES string of the molecule is CCCOc1ccc(NC(=O)C2(OCC)CCCCC2)cc1C#N. The average Bonchev–Trinajstić information content (AvgIpc) is 2.61. The van der Waals surface area contributed by atoms with Crippen LogP contribution < -0.4 is 10.1 Å². The first-order valence-electron chi connectivity index (χ1n) is 8.77. The van der Waals surface area contributed by atoms with Gasteiger partial charge in [-0.05, 0) is 44.4 Å². The Balaban J connectivity index is 2.14. The summed E-state index contributed by atoms with van der Waals surface area (Å²) >= 11 is 0. The van der Waals surface area contributed by atoms with Crippen molar-refractivity contribution in [3.63, 3.8) is 0 Å². The fourth-order valence-electron chi connectivity index (χ4n) is 3.11. The van der Waals surface area contributed by atoms with Crippen molar-refractivity contribution < 1.29 is 14.3 Å². The normalized spacial score (nSPS) is 16.2. The van der Waals surface area contributed by atoms with Gasteiger partial charge in [-0.15, -0.1) is 0 Å². The summed E-state index contributed by atoms with van der Waals surface area (Å²) in [6.07, 6.45) is 5.51. The molecule has 0 unspecified atom stereocenters. The topological polar surface area (TPSA) is 71.3 Å². The molecule has 1 amide bonds. The molecule has 0 atom stereocenters. The molecule has 1 saturated carbocycles. The Kier molecular flexibility index (Phi) is 6.62. The van der Waals surface area contributed by atoms with E-state index in [2.05, 4.69) is 11.4 Å². The van der Waals surface area contributed by atoms with Gasteiger partial charge in [0, 0.05) is 12.3 Å². The predicted molar refractivity (Wildman–Crippen MR) is 93.0 cm³/mol. The summed E-state index contributed by atoms with van der Waals surface area (Å²) in [5.41, 5.74) is 0.289. The molecule has 5 nitrogen and oxygen atoms in total. The fraction of sp³-hybridized carbons (Fsp3) is 0.579. The van der Waals surface area contributed by atoms with Gasteiger partial charge in [-0.25, -0.2) is 0 Å². The highest BCUT2D eigenvalue weighted by molar-refractivity contribution is 5.97. The molecule has 0 spiro atoms. The Bertz CT molecular complexity index is 596. The smallest absolute Gasteiger partial charge is 0.256 e. The van der Waals surface area contributed by atoms with Gasteiger partial charge in [0.1, 0.15) is 17.4 Å². The minimum absolute atomic E-state index is 0.116. The van der Waals surface area contributed by atoms with Crippen LogP contribution in [0.3, 0.4) is 0 Å². The number of nitriles is 1. The lowest BCUT2D eigenvalue weighted by Gasteiger charge is -2.35. The van der Waals surface area contributed by atoms with Gasteiger partial charge in [0.2, 0.25) is 0 Å². The zero-order valence-corrected chi connectivity index (χ0v) is 14.6. The Morgan fingerprint density at radius 1 is 1.29 bits per heavy atom. The van der Waals surface area contributed by atoms with Crippen LogP contribution >= 0.6 is 0 Å². The first kappa shape index (κ1) is 18.3. The third kappa shape index (κ3) is 4.27. The number of carbonyl (C=O) groups excluding carboxylic acids is 1.